The Morgan fingerprint density at radius 3 is 2.36 bits per heavy atom. The molecular weight excluding hydrogens is 367 g/mol. The van der Waals surface area contributed by atoms with E-state index in [1.54, 1.807) is 30.3 Å². The Labute approximate surface area is 153 Å². The lowest BCUT2D eigenvalue weighted by Crippen LogP contribution is -2.39. The van der Waals surface area contributed by atoms with Gasteiger partial charge in [-0.15, -0.1) is 0 Å². The van der Waals surface area contributed by atoms with Crippen molar-refractivity contribution in [1.82, 2.24) is 4.90 Å². The van der Waals surface area contributed by atoms with E-state index in [0.29, 0.717) is 10.7 Å². The molecule has 1 aliphatic heterocycles. The molecule has 6 nitrogen and oxygen atoms in total. The van der Waals surface area contributed by atoms with Gasteiger partial charge >= 0.3 is 12.0 Å². The lowest BCUT2D eigenvalue weighted by Gasteiger charge is -2.22. The average Bonchev–Trinajstić information content (AvgIpc) is 2.82. The first-order valence-electron chi connectivity index (χ1n) is 7.22. The summed E-state index contributed by atoms with van der Waals surface area (Å²) in [5.41, 5.74) is 0.564. The number of esters is 1. The standard InChI is InChI=1S/C17H12Cl2N2O4/c1-20-14(22)15(25-16(23)10-5-3-2-4-6-10)21(17(20)24)11-7-8-12(18)13(19)9-11/h2-9,15H,1H3. The normalized spacial score (nSPS) is 17.2. The van der Waals surface area contributed by atoms with Crippen LogP contribution >= 0.6 is 23.2 Å². The molecular formula is C17H12Cl2N2O4. The molecule has 1 unspecified atom stereocenters. The number of anilines is 1. The number of ether oxygens (including phenoxy) is 1. The minimum atomic E-state index is -1.41. The number of carbonyl (C=O) groups excluding carboxylic acids is 3. The number of hydrogen-bond donors (Lipinski definition) is 0. The van der Waals surface area contributed by atoms with Crippen molar-refractivity contribution < 1.29 is 19.1 Å². The summed E-state index contributed by atoms with van der Waals surface area (Å²) in [6.07, 6.45) is -1.41. The van der Waals surface area contributed by atoms with Crippen LogP contribution < -0.4 is 4.90 Å². The van der Waals surface area contributed by atoms with E-state index in [2.05, 4.69) is 0 Å². The highest BCUT2D eigenvalue weighted by Gasteiger charge is 2.47. The van der Waals surface area contributed by atoms with E-state index in [1.807, 2.05) is 0 Å². The second kappa shape index (κ2) is 6.74. The fourth-order valence-electron chi connectivity index (χ4n) is 2.36. The number of halogens is 2. The second-order valence-corrected chi connectivity index (χ2v) is 6.09. The zero-order valence-electron chi connectivity index (χ0n) is 13.0. The van der Waals surface area contributed by atoms with Gasteiger partial charge in [0.15, 0.2) is 0 Å². The van der Waals surface area contributed by atoms with Crippen molar-refractivity contribution in [1.29, 1.82) is 0 Å². The first-order valence-corrected chi connectivity index (χ1v) is 7.97. The third-order valence-electron chi connectivity index (χ3n) is 3.68. The summed E-state index contributed by atoms with van der Waals surface area (Å²) in [6, 6.07) is 12.0. The van der Waals surface area contributed by atoms with Crippen LogP contribution in [-0.2, 0) is 9.53 Å². The average molecular weight is 379 g/mol. The topological polar surface area (TPSA) is 66.9 Å². The Morgan fingerprint density at radius 1 is 1.04 bits per heavy atom. The van der Waals surface area contributed by atoms with Gasteiger partial charge in [0.1, 0.15) is 0 Å². The quantitative estimate of drug-likeness (QED) is 0.604. The molecule has 1 aliphatic rings. The highest BCUT2D eigenvalue weighted by Crippen LogP contribution is 2.31. The van der Waals surface area contributed by atoms with E-state index in [4.69, 9.17) is 27.9 Å². The van der Waals surface area contributed by atoms with Gasteiger partial charge in [0.2, 0.25) is 0 Å². The summed E-state index contributed by atoms with van der Waals surface area (Å²) in [5.74, 6) is -1.37. The molecule has 1 atom stereocenters. The molecule has 2 aromatic carbocycles. The zero-order chi connectivity index (χ0) is 18.1. The van der Waals surface area contributed by atoms with Gasteiger partial charge < -0.3 is 4.74 Å². The largest absolute Gasteiger partial charge is 0.428 e. The van der Waals surface area contributed by atoms with Gasteiger partial charge in [-0.2, -0.15) is 0 Å². The van der Waals surface area contributed by atoms with Crippen molar-refractivity contribution >= 4 is 46.8 Å². The molecule has 1 fully saturated rings. The Kier molecular flexibility index (Phi) is 4.65. The molecule has 0 saturated carbocycles. The molecule has 1 heterocycles. The minimum absolute atomic E-state index is 0.210. The monoisotopic (exact) mass is 378 g/mol. The molecule has 0 aromatic heterocycles. The molecule has 3 amide bonds. The second-order valence-electron chi connectivity index (χ2n) is 5.27. The van der Waals surface area contributed by atoms with Crippen molar-refractivity contribution in [3.8, 4) is 0 Å². The summed E-state index contributed by atoms with van der Waals surface area (Å²) in [4.78, 5) is 39.0. The molecule has 0 spiro atoms. The lowest BCUT2D eigenvalue weighted by molar-refractivity contribution is -0.132. The number of likely N-dealkylation sites (N-methyl/N-ethyl adjacent to an activating group) is 1. The van der Waals surface area contributed by atoms with Crippen LogP contribution in [0, 0.1) is 0 Å². The van der Waals surface area contributed by atoms with Crippen LogP contribution in [0.1, 0.15) is 10.4 Å². The van der Waals surface area contributed by atoms with Crippen molar-refractivity contribution in [3.63, 3.8) is 0 Å². The third-order valence-corrected chi connectivity index (χ3v) is 4.42. The van der Waals surface area contributed by atoms with Gasteiger partial charge in [-0.05, 0) is 30.3 Å². The predicted octanol–water partition coefficient (Wildman–Crippen LogP) is 3.57. The molecule has 8 heteroatoms. The molecule has 0 N–H and O–H groups in total. The van der Waals surface area contributed by atoms with Crippen LogP contribution in [0.4, 0.5) is 10.5 Å². The maximum Gasteiger partial charge on any atom is 0.340 e. The Bertz CT molecular complexity index is 857. The highest BCUT2D eigenvalue weighted by atomic mass is 35.5. The number of imide groups is 1. The van der Waals surface area contributed by atoms with Crippen LogP contribution in [0.15, 0.2) is 48.5 Å². The first kappa shape index (κ1) is 17.3. The third kappa shape index (κ3) is 3.18. The minimum Gasteiger partial charge on any atom is -0.428 e. The molecule has 128 valence electrons. The summed E-state index contributed by atoms with van der Waals surface area (Å²) in [5, 5.41) is 0.511. The van der Waals surface area contributed by atoms with E-state index in [9.17, 15) is 14.4 Å². The van der Waals surface area contributed by atoms with Crippen molar-refractivity contribution in [2.45, 2.75) is 6.23 Å². The number of urea groups is 1. The number of amides is 3. The van der Waals surface area contributed by atoms with Crippen molar-refractivity contribution in [3.05, 3.63) is 64.1 Å². The Morgan fingerprint density at radius 2 is 1.72 bits per heavy atom. The number of hydrogen-bond acceptors (Lipinski definition) is 4. The van der Waals surface area contributed by atoms with E-state index < -0.39 is 24.1 Å². The molecule has 1 saturated heterocycles. The molecule has 25 heavy (non-hydrogen) atoms. The van der Waals surface area contributed by atoms with E-state index in [-0.39, 0.29) is 10.6 Å². The van der Waals surface area contributed by atoms with Crippen molar-refractivity contribution in [2.24, 2.45) is 0 Å². The maximum absolute atomic E-state index is 12.4. The Hall–Kier alpha value is -2.57. The van der Waals surface area contributed by atoms with E-state index >= 15 is 0 Å². The van der Waals surface area contributed by atoms with Crippen LogP contribution in [0.2, 0.25) is 10.0 Å². The van der Waals surface area contributed by atoms with E-state index in [0.717, 1.165) is 9.80 Å². The predicted molar refractivity (Wildman–Crippen MR) is 92.8 cm³/mol. The van der Waals surface area contributed by atoms with Crippen LogP contribution in [-0.4, -0.2) is 36.1 Å². The van der Waals surface area contributed by atoms with Crippen LogP contribution in [0.5, 0.6) is 0 Å². The van der Waals surface area contributed by atoms with Gasteiger partial charge in [0, 0.05) is 7.05 Å². The molecule has 3 rings (SSSR count). The van der Waals surface area contributed by atoms with Crippen molar-refractivity contribution in [2.75, 3.05) is 11.9 Å². The number of nitrogens with zero attached hydrogens (tertiary/aromatic N) is 2. The molecule has 0 radical (unpaired) electrons. The fourth-order valence-corrected chi connectivity index (χ4v) is 2.65. The zero-order valence-corrected chi connectivity index (χ0v) is 14.5. The van der Waals surface area contributed by atoms with Gasteiger partial charge in [0.25, 0.3) is 12.1 Å². The number of rotatable bonds is 3. The number of carbonyl (C=O) groups is 3. The molecule has 0 bridgehead atoms. The molecule has 2 aromatic rings. The van der Waals surface area contributed by atoms with Gasteiger partial charge in [-0.1, -0.05) is 41.4 Å². The summed E-state index contributed by atoms with van der Waals surface area (Å²) in [7, 11) is 1.31. The van der Waals surface area contributed by atoms with E-state index in [1.165, 1.54) is 25.2 Å². The SMILES string of the molecule is CN1C(=O)C(OC(=O)c2ccccc2)N(c2ccc(Cl)c(Cl)c2)C1=O. The fraction of sp³-hybridized carbons (Fsp3) is 0.118. The van der Waals surface area contributed by atoms with Crippen LogP contribution in [0.25, 0.3) is 0 Å². The maximum atomic E-state index is 12.4. The smallest absolute Gasteiger partial charge is 0.340 e. The summed E-state index contributed by atoms with van der Waals surface area (Å²) in [6.45, 7) is 0. The van der Waals surface area contributed by atoms with Crippen LogP contribution in [0.3, 0.4) is 0 Å². The van der Waals surface area contributed by atoms with Gasteiger partial charge in [0.05, 0.1) is 21.3 Å². The number of benzene rings is 2. The lowest BCUT2D eigenvalue weighted by atomic mass is 10.2. The highest BCUT2D eigenvalue weighted by molar-refractivity contribution is 6.42. The summed E-state index contributed by atoms with van der Waals surface area (Å²) >= 11 is 11.9. The van der Waals surface area contributed by atoms with Gasteiger partial charge in [-0.25, -0.2) is 14.5 Å². The van der Waals surface area contributed by atoms with Gasteiger partial charge in [-0.3, -0.25) is 9.69 Å². The summed E-state index contributed by atoms with van der Waals surface area (Å²) < 4.78 is 5.29. The molecule has 0 aliphatic carbocycles. The first-order chi connectivity index (χ1) is 11.9. The Balaban J connectivity index is 1.94.